The molecule has 0 bridgehead atoms. The van der Waals surface area contributed by atoms with E-state index < -0.39 is 0 Å². The molecule has 0 amide bonds. The summed E-state index contributed by atoms with van der Waals surface area (Å²) in [5.41, 5.74) is 7.53. The molecule has 0 heterocycles. The summed E-state index contributed by atoms with van der Waals surface area (Å²) in [6, 6.07) is 38.5. The Hall–Kier alpha value is -4.36. The lowest BCUT2D eigenvalue weighted by atomic mass is 9.93. The number of hydrogen-bond donors (Lipinski definition) is 2. The molecule has 0 saturated carbocycles. The maximum absolute atomic E-state index is 8.35. The zero-order valence-corrected chi connectivity index (χ0v) is 16.2. The summed E-state index contributed by atoms with van der Waals surface area (Å²) >= 11 is 0. The quantitative estimate of drug-likeness (QED) is 0.309. The van der Waals surface area contributed by atoms with E-state index in [1.54, 1.807) is 0 Å². The van der Waals surface area contributed by atoms with Gasteiger partial charge in [-0.15, -0.1) is 0 Å². The molecule has 30 heavy (non-hydrogen) atoms. The van der Waals surface area contributed by atoms with Crippen LogP contribution >= 0.6 is 0 Å². The van der Waals surface area contributed by atoms with Crippen molar-refractivity contribution in [2.24, 2.45) is 0 Å². The van der Waals surface area contributed by atoms with Crippen molar-refractivity contribution in [1.29, 1.82) is 10.8 Å². The molecule has 0 spiro atoms. The van der Waals surface area contributed by atoms with E-state index in [9.17, 15) is 0 Å². The molecule has 0 unspecified atom stereocenters. The SMILES string of the molecule is N=C=O.N=C=O.c1ccc(-c2ccc(-c3ccccc3-c3ccccc3)cc2)cc1. The van der Waals surface area contributed by atoms with Crippen LogP contribution in [0.1, 0.15) is 0 Å². The molecule has 0 saturated heterocycles. The molecule has 0 aliphatic heterocycles. The van der Waals surface area contributed by atoms with Crippen molar-refractivity contribution in [2.75, 3.05) is 0 Å². The normalized spacial score (nSPS) is 8.93. The van der Waals surface area contributed by atoms with Crippen molar-refractivity contribution in [3.05, 3.63) is 109 Å². The Morgan fingerprint density at radius 2 is 0.667 bits per heavy atom. The van der Waals surface area contributed by atoms with Crippen molar-refractivity contribution >= 4 is 12.2 Å². The molecular formula is C26H20N2O2. The number of isocyanates is 2. The molecule has 146 valence electrons. The third kappa shape index (κ3) is 6.08. The third-order valence-electron chi connectivity index (χ3n) is 4.31. The number of hydrogen-bond acceptors (Lipinski definition) is 4. The van der Waals surface area contributed by atoms with Crippen LogP contribution in [0, 0.1) is 10.8 Å². The molecular weight excluding hydrogens is 372 g/mol. The highest BCUT2D eigenvalue weighted by Gasteiger charge is 2.06. The van der Waals surface area contributed by atoms with Crippen LogP contribution in [0.25, 0.3) is 33.4 Å². The molecule has 0 fully saturated rings. The lowest BCUT2D eigenvalue weighted by Crippen LogP contribution is -1.85. The Bertz CT molecular complexity index is 1100. The summed E-state index contributed by atoms with van der Waals surface area (Å²) in [6.45, 7) is 0. The van der Waals surface area contributed by atoms with Gasteiger partial charge in [-0.1, -0.05) is 109 Å². The summed E-state index contributed by atoms with van der Waals surface area (Å²) in [6.07, 6.45) is 1.50. The van der Waals surface area contributed by atoms with Gasteiger partial charge in [0.1, 0.15) is 0 Å². The van der Waals surface area contributed by atoms with Gasteiger partial charge < -0.3 is 0 Å². The lowest BCUT2D eigenvalue weighted by Gasteiger charge is -2.11. The number of carbonyl (C=O) groups excluding carboxylic acids is 2. The third-order valence-corrected chi connectivity index (χ3v) is 4.31. The van der Waals surface area contributed by atoms with Crippen molar-refractivity contribution in [3.63, 3.8) is 0 Å². The zero-order valence-electron chi connectivity index (χ0n) is 16.2. The monoisotopic (exact) mass is 392 g/mol. The maximum atomic E-state index is 8.35. The van der Waals surface area contributed by atoms with Crippen LogP contribution in [-0.4, -0.2) is 12.2 Å². The van der Waals surface area contributed by atoms with Crippen molar-refractivity contribution in [2.45, 2.75) is 0 Å². The number of nitrogens with one attached hydrogen (secondary N) is 2. The Morgan fingerprint density at radius 1 is 0.400 bits per heavy atom. The van der Waals surface area contributed by atoms with E-state index in [4.69, 9.17) is 20.4 Å². The van der Waals surface area contributed by atoms with Crippen molar-refractivity contribution < 1.29 is 9.59 Å². The summed E-state index contributed by atoms with van der Waals surface area (Å²) in [5.74, 6) is 0. The van der Waals surface area contributed by atoms with Crippen LogP contribution in [0.4, 0.5) is 0 Å². The molecule has 0 aliphatic rings. The second-order valence-corrected chi connectivity index (χ2v) is 6.06. The minimum Gasteiger partial charge on any atom is -0.222 e. The van der Waals surface area contributed by atoms with Crippen LogP contribution < -0.4 is 0 Å². The fourth-order valence-electron chi connectivity index (χ4n) is 3.08. The second kappa shape index (κ2) is 12.2. The second-order valence-electron chi connectivity index (χ2n) is 6.06. The predicted octanol–water partition coefficient (Wildman–Crippen LogP) is 6.49. The van der Waals surface area contributed by atoms with E-state index in [0.29, 0.717) is 0 Å². The average molecular weight is 392 g/mol. The Morgan fingerprint density at radius 3 is 1.10 bits per heavy atom. The predicted molar refractivity (Wildman–Crippen MR) is 120 cm³/mol. The van der Waals surface area contributed by atoms with Crippen molar-refractivity contribution in [3.8, 4) is 33.4 Å². The van der Waals surface area contributed by atoms with E-state index in [0.717, 1.165) is 12.2 Å². The highest BCUT2D eigenvalue weighted by atomic mass is 16.1. The molecule has 4 rings (SSSR count). The fourth-order valence-corrected chi connectivity index (χ4v) is 3.08. The highest BCUT2D eigenvalue weighted by molar-refractivity contribution is 5.84. The van der Waals surface area contributed by atoms with Gasteiger partial charge in [-0.2, -0.15) is 0 Å². The first kappa shape index (κ1) is 21.9. The molecule has 0 aromatic heterocycles. The first-order valence-electron chi connectivity index (χ1n) is 9.13. The molecule has 0 radical (unpaired) electrons. The highest BCUT2D eigenvalue weighted by Crippen LogP contribution is 2.33. The van der Waals surface area contributed by atoms with Gasteiger partial charge in [0.05, 0.1) is 0 Å². The summed E-state index contributed by atoms with van der Waals surface area (Å²) in [4.78, 5) is 16.7. The summed E-state index contributed by atoms with van der Waals surface area (Å²) in [7, 11) is 0. The first-order valence-corrected chi connectivity index (χ1v) is 9.13. The molecule has 2 N–H and O–H groups in total. The molecule has 4 aromatic carbocycles. The van der Waals surface area contributed by atoms with E-state index in [1.807, 2.05) is 6.07 Å². The fraction of sp³-hybridized carbons (Fsp3) is 0. The molecule has 4 aromatic rings. The van der Waals surface area contributed by atoms with Gasteiger partial charge in [-0.25, -0.2) is 20.4 Å². The minimum absolute atomic E-state index is 0.750. The van der Waals surface area contributed by atoms with E-state index in [-0.39, 0.29) is 0 Å². The van der Waals surface area contributed by atoms with Crippen LogP contribution in [0.2, 0.25) is 0 Å². The van der Waals surface area contributed by atoms with Crippen LogP contribution in [-0.2, 0) is 9.59 Å². The molecule has 0 atom stereocenters. The van der Waals surface area contributed by atoms with Gasteiger partial charge in [0, 0.05) is 0 Å². The van der Waals surface area contributed by atoms with Gasteiger partial charge in [-0.05, 0) is 33.4 Å². The van der Waals surface area contributed by atoms with Gasteiger partial charge >= 0.3 is 0 Å². The summed E-state index contributed by atoms with van der Waals surface area (Å²) in [5, 5.41) is 10.8. The topological polar surface area (TPSA) is 81.8 Å². The number of benzene rings is 4. The largest absolute Gasteiger partial charge is 0.231 e. The Kier molecular flexibility index (Phi) is 8.90. The molecule has 0 aliphatic carbocycles. The van der Waals surface area contributed by atoms with Crippen LogP contribution in [0.5, 0.6) is 0 Å². The van der Waals surface area contributed by atoms with Crippen LogP contribution in [0.15, 0.2) is 109 Å². The van der Waals surface area contributed by atoms with Gasteiger partial charge in [0.2, 0.25) is 12.2 Å². The van der Waals surface area contributed by atoms with Gasteiger partial charge in [-0.3, -0.25) is 0 Å². The van der Waals surface area contributed by atoms with Gasteiger partial charge in [0.15, 0.2) is 0 Å². The van der Waals surface area contributed by atoms with E-state index in [1.165, 1.54) is 33.4 Å². The molecule has 4 heteroatoms. The smallest absolute Gasteiger partial charge is 0.222 e. The Balaban J connectivity index is 0.000000480. The van der Waals surface area contributed by atoms with E-state index in [2.05, 4.69) is 103 Å². The average Bonchev–Trinajstić information content (AvgIpc) is 2.81. The molecule has 4 nitrogen and oxygen atoms in total. The van der Waals surface area contributed by atoms with Gasteiger partial charge in [0.25, 0.3) is 0 Å². The minimum atomic E-state index is 0.750. The summed E-state index contributed by atoms with van der Waals surface area (Å²) < 4.78 is 0. The standard InChI is InChI=1S/C24H18.2CHNO/c1-3-9-19(10-4-1)20-15-17-22(18-16-20)24-14-8-7-13-23(24)21-11-5-2-6-12-21;2*2-1-3/h1-18H;2*2H. The van der Waals surface area contributed by atoms with Crippen molar-refractivity contribution in [1.82, 2.24) is 0 Å². The van der Waals surface area contributed by atoms with Crippen LogP contribution in [0.3, 0.4) is 0 Å². The Labute approximate surface area is 175 Å². The maximum Gasteiger partial charge on any atom is 0.231 e. The van der Waals surface area contributed by atoms with E-state index >= 15 is 0 Å². The number of rotatable bonds is 3. The lowest BCUT2D eigenvalue weighted by molar-refractivity contribution is 0.562. The first-order chi connectivity index (χ1) is 14.7. The zero-order chi connectivity index (χ0) is 21.6.